The molecular formula is C19H19FN4O2S2. The highest BCUT2D eigenvalue weighted by Crippen LogP contribution is 2.38. The highest BCUT2D eigenvalue weighted by atomic mass is 32.2. The Bertz CT molecular complexity index is 1080. The first-order valence-corrected chi connectivity index (χ1v) is 11.2. The van der Waals surface area contributed by atoms with Crippen molar-refractivity contribution in [2.45, 2.75) is 30.2 Å². The third-order valence-corrected chi connectivity index (χ3v) is 7.26. The van der Waals surface area contributed by atoms with Crippen molar-refractivity contribution in [3.63, 3.8) is 0 Å². The highest BCUT2D eigenvalue weighted by molar-refractivity contribution is 7.89. The summed E-state index contributed by atoms with van der Waals surface area (Å²) in [6.45, 7) is 0. The Morgan fingerprint density at radius 3 is 2.64 bits per heavy atom. The van der Waals surface area contributed by atoms with E-state index < -0.39 is 10.0 Å². The number of aromatic nitrogens is 2. The lowest BCUT2D eigenvalue weighted by molar-refractivity contribution is 0.587. The van der Waals surface area contributed by atoms with E-state index >= 15 is 0 Å². The molecule has 3 aromatic rings. The number of benzene rings is 1. The van der Waals surface area contributed by atoms with E-state index in [1.165, 1.54) is 36.3 Å². The van der Waals surface area contributed by atoms with Crippen molar-refractivity contribution in [3.05, 3.63) is 59.0 Å². The van der Waals surface area contributed by atoms with Gasteiger partial charge in [-0.1, -0.05) is 0 Å². The number of hydrogen-bond acceptors (Lipinski definition) is 6. The zero-order chi connectivity index (χ0) is 19.7. The molecule has 0 bridgehead atoms. The average Bonchev–Trinajstić information content (AvgIpc) is 3.14. The molecule has 2 aromatic heterocycles. The molecule has 0 aliphatic heterocycles. The summed E-state index contributed by atoms with van der Waals surface area (Å²) in [6, 6.07) is 9.55. The molecule has 1 aliphatic rings. The molecular weight excluding hydrogens is 399 g/mol. The smallest absolute Gasteiger partial charge is 0.241 e. The van der Waals surface area contributed by atoms with Gasteiger partial charge in [0.2, 0.25) is 10.0 Å². The molecule has 1 aromatic carbocycles. The molecule has 2 heterocycles. The predicted molar refractivity (Wildman–Crippen MR) is 107 cm³/mol. The van der Waals surface area contributed by atoms with E-state index in [1.54, 1.807) is 29.5 Å². The van der Waals surface area contributed by atoms with Crippen LogP contribution in [0.1, 0.15) is 29.5 Å². The van der Waals surface area contributed by atoms with E-state index in [9.17, 15) is 12.8 Å². The van der Waals surface area contributed by atoms with Crippen LogP contribution >= 0.6 is 11.3 Å². The second-order valence-corrected chi connectivity index (χ2v) is 9.48. The van der Waals surface area contributed by atoms with E-state index in [2.05, 4.69) is 15.0 Å². The maximum Gasteiger partial charge on any atom is 0.241 e. The van der Waals surface area contributed by atoms with Gasteiger partial charge in [0.15, 0.2) is 0 Å². The van der Waals surface area contributed by atoms with Crippen LogP contribution in [-0.4, -0.2) is 25.4 Å². The van der Waals surface area contributed by atoms with Crippen LogP contribution in [0.4, 0.5) is 10.2 Å². The first-order valence-electron chi connectivity index (χ1n) is 8.88. The summed E-state index contributed by atoms with van der Waals surface area (Å²) in [4.78, 5) is 10.4. The Morgan fingerprint density at radius 1 is 1.18 bits per heavy atom. The van der Waals surface area contributed by atoms with Gasteiger partial charge >= 0.3 is 0 Å². The van der Waals surface area contributed by atoms with E-state index in [1.807, 2.05) is 0 Å². The third kappa shape index (κ3) is 3.78. The monoisotopic (exact) mass is 418 g/mol. The molecule has 2 N–H and O–H groups in total. The van der Waals surface area contributed by atoms with Gasteiger partial charge in [-0.25, -0.2) is 27.5 Å². The fraction of sp³-hybridized carbons (Fsp3) is 0.263. The number of fused-ring (bicyclic) bond motifs is 1. The SMILES string of the molecule is CNS(=O)(=O)c1ccc(NC2CCCc3sc(-c4ccc(F)cc4)nc32)nc1. The van der Waals surface area contributed by atoms with Gasteiger partial charge in [0, 0.05) is 16.6 Å². The number of aryl methyl sites for hydroxylation is 1. The summed E-state index contributed by atoms with van der Waals surface area (Å²) in [5.41, 5.74) is 1.89. The van der Waals surface area contributed by atoms with Crippen molar-refractivity contribution in [2.75, 3.05) is 12.4 Å². The molecule has 1 aliphatic carbocycles. The van der Waals surface area contributed by atoms with Crippen LogP contribution < -0.4 is 10.0 Å². The minimum atomic E-state index is -3.50. The van der Waals surface area contributed by atoms with Crippen molar-refractivity contribution in [2.24, 2.45) is 0 Å². The van der Waals surface area contributed by atoms with Crippen molar-refractivity contribution in [1.29, 1.82) is 0 Å². The number of sulfonamides is 1. The largest absolute Gasteiger partial charge is 0.362 e. The molecule has 28 heavy (non-hydrogen) atoms. The van der Waals surface area contributed by atoms with Gasteiger partial charge in [-0.05, 0) is 62.7 Å². The lowest BCUT2D eigenvalue weighted by atomic mass is 9.97. The number of anilines is 1. The van der Waals surface area contributed by atoms with Gasteiger partial charge in [-0.3, -0.25) is 0 Å². The van der Waals surface area contributed by atoms with Gasteiger partial charge in [-0.2, -0.15) is 0 Å². The fourth-order valence-electron chi connectivity index (χ4n) is 3.20. The van der Waals surface area contributed by atoms with Crippen LogP contribution in [0, 0.1) is 5.82 Å². The Morgan fingerprint density at radius 2 is 1.96 bits per heavy atom. The van der Waals surface area contributed by atoms with Crippen LogP contribution in [0.25, 0.3) is 10.6 Å². The molecule has 0 radical (unpaired) electrons. The summed E-state index contributed by atoms with van der Waals surface area (Å²) in [6.07, 6.45) is 4.25. The van der Waals surface area contributed by atoms with Gasteiger partial charge in [0.25, 0.3) is 0 Å². The minimum Gasteiger partial charge on any atom is -0.362 e. The lowest BCUT2D eigenvalue weighted by Gasteiger charge is -2.22. The summed E-state index contributed by atoms with van der Waals surface area (Å²) in [7, 11) is -2.14. The molecule has 0 spiro atoms. The van der Waals surface area contributed by atoms with Gasteiger partial charge in [-0.15, -0.1) is 11.3 Å². The van der Waals surface area contributed by atoms with E-state index in [0.29, 0.717) is 5.82 Å². The van der Waals surface area contributed by atoms with Crippen molar-refractivity contribution in [1.82, 2.24) is 14.7 Å². The molecule has 146 valence electrons. The summed E-state index contributed by atoms with van der Waals surface area (Å²) >= 11 is 1.64. The number of hydrogen-bond donors (Lipinski definition) is 2. The number of rotatable bonds is 5. The number of pyridine rings is 1. The Balaban J connectivity index is 1.57. The predicted octanol–water partition coefficient (Wildman–Crippen LogP) is 3.74. The molecule has 0 fully saturated rings. The van der Waals surface area contributed by atoms with Crippen molar-refractivity contribution < 1.29 is 12.8 Å². The Kier molecular flexibility index (Phi) is 5.13. The number of nitrogens with one attached hydrogen (secondary N) is 2. The van der Waals surface area contributed by atoms with E-state index in [4.69, 9.17) is 4.98 Å². The van der Waals surface area contributed by atoms with Crippen LogP contribution in [0.15, 0.2) is 47.5 Å². The van der Waals surface area contributed by atoms with Crippen LogP contribution in [0.5, 0.6) is 0 Å². The number of halogens is 1. The molecule has 0 amide bonds. The minimum absolute atomic E-state index is 0.00783. The first-order chi connectivity index (χ1) is 13.5. The highest BCUT2D eigenvalue weighted by Gasteiger charge is 2.25. The van der Waals surface area contributed by atoms with Crippen LogP contribution in [0.2, 0.25) is 0 Å². The van der Waals surface area contributed by atoms with E-state index in [-0.39, 0.29) is 16.8 Å². The quantitative estimate of drug-likeness (QED) is 0.659. The van der Waals surface area contributed by atoms with Crippen molar-refractivity contribution in [3.8, 4) is 10.6 Å². The van der Waals surface area contributed by atoms with Crippen LogP contribution in [0.3, 0.4) is 0 Å². The maximum atomic E-state index is 13.2. The van der Waals surface area contributed by atoms with Gasteiger partial charge in [0.1, 0.15) is 21.5 Å². The Labute approximate surface area is 166 Å². The molecule has 0 saturated heterocycles. The molecule has 9 heteroatoms. The molecule has 1 atom stereocenters. The normalized spacial score (nSPS) is 16.6. The maximum absolute atomic E-state index is 13.2. The summed E-state index contributed by atoms with van der Waals surface area (Å²) in [5.74, 6) is 0.337. The Hall–Kier alpha value is -2.36. The van der Waals surface area contributed by atoms with Gasteiger partial charge in [0.05, 0.1) is 11.7 Å². The molecule has 1 unspecified atom stereocenters. The zero-order valence-electron chi connectivity index (χ0n) is 15.1. The lowest BCUT2D eigenvalue weighted by Crippen LogP contribution is -2.20. The molecule has 6 nitrogen and oxygen atoms in total. The third-order valence-electron chi connectivity index (χ3n) is 4.68. The topological polar surface area (TPSA) is 84.0 Å². The summed E-state index contributed by atoms with van der Waals surface area (Å²) in [5, 5.41) is 4.24. The fourth-order valence-corrected chi connectivity index (χ4v) is 5.04. The second kappa shape index (κ2) is 7.57. The van der Waals surface area contributed by atoms with Gasteiger partial charge < -0.3 is 5.32 Å². The first kappa shape index (κ1) is 19.0. The standard InChI is InChI=1S/C19H19FN4O2S2/c1-21-28(25,26)14-9-10-17(22-11-14)23-15-3-2-4-16-18(15)24-19(27-16)12-5-7-13(20)8-6-12/h5-11,15,21H,2-4H2,1H3,(H,22,23). The number of thiazole rings is 1. The molecule has 4 rings (SSSR count). The van der Waals surface area contributed by atoms with Crippen molar-refractivity contribution >= 4 is 27.2 Å². The summed E-state index contributed by atoms with van der Waals surface area (Å²) < 4.78 is 39.1. The van der Waals surface area contributed by atoms with E-state index in [0.717, 1.165) is 35.5 Å². The van der Waals surface area contributed by atoms with Crippen LogP contribution in [-0.2, 0) is 16.4 Å². The molecule has 0 saturated carbocycles. The second-order valence-electron chi connectivity index (χ2n) is 6.51. The average molecular weight is 419 g/mol. The number of nitrogens with zero attached hydrogens (tertiary/aromatic N) is 2. The zero-order valence-corrected chi connectivity index (χ0v) is 16.8.